The van der Waals surface area contributed by atoms with Crippen LogP contribution in [0, 0.1) is 5.82 Å². The molecular weight excluding hydrogens is 227 g/mol. The van der Waals surface area contributed by atoms with E-state index in [1.54, 1.807) is 12.1 Å². The molecule has 0 atom stereocenters. The van der Waals surface area contributed by atoms with Gasteiger partial charge in [-0.2, -0.15) is 0 Å². The summed E-state index contributed by atoms with van der Waals surface area (Å²) in [7, 11) is 0. The molecule has 0 bridgehead atoms. The van der Waals surface area contributed by atoms with Gasteiger partial charge in [0.1, 0.15) is 5.82 Å². The summed E-state index contributed by atoms with van der Waals surface area (Å²) in [5, 5.41) is 8.83. The Balaban J connectivity index is 2.40. The molecule has 1 N–H and O–H groups in total. The van der Waals surface area contributed by atoms with E-state index in [0.29, 0.717) is 5.56 Å². The Morgan fingerprint density at radius 2 is 1.89 bits per heavy atom. The standard InChI is InChI=1S/C16H15FO/c1-12(9-10-18)14-7-8-15(16(17)11-14)13-5-3-2-4-6-13/h2-9,11,18H,10H2,1H3. The normalized spacial score (nSPS) is 11.6. The van der Waals surface area contributed by atoms with E-state index in [1.165, 1.54) is 6.07 Å². The molecule has 2 heteroatoms. The molecule has 0 heterocycles. The summed E-state index contributed by atoms with van der Waals surface area (Å²) >= 11 is 0. The highest BCUT2D eigenvalue weighted by Crippen LogP contribution is 2.25. The Kier molecular flexibility index (Phi) is 3.90. The Hall–Kier alpha value is -1.93. The van der Waals surface area contributed by atoms with Gasteiger partial charge < -0.3 is 5.11 Å². The maximum atomic E-state index is 14.0. The minimum absolute atomic E-state index is 0.0338. The van der Waals surface area contributed by atoms with Crippen molar-refractivity contribution in [2.75, 3.05) is 6.61 Å². The molecule has 2 aromatic rings. The van der Waals surface area contributed by atoms with Crippen LogP contribution in [0.4, 0.5) is 4.39 Å². The van der Waals surface area contributed by atoms with E-state index in [9.17, 15) is 4.39 Å². The molecule has 92 valence electrons. The lowest BCUT2D eigenvalue weighted by molar-refractivity contribution is 0.343. The molecule has 1 nitrogen and oxygen atoms in total. The number of hydrogen-bond acceptors (Lipinski definition) is 1. The predicted octanol–water partition coefficient (Wildman–Crippen LogP) is 3.89. The zero-order chi connectivity index (χ0) is 13.0. The monoisotopic (exact) mass is 242 g/mol. The Morgan fingerprint density at radius 1 is 1.17 bits per heavy atom. The molecule has 0 spiro atoms. The van der Waals surface area contributed by atoms with Crippen molar-refractivity contribution in [1.29, 1.82) is 0 Å². The van der Waals surface area contributed by atoms with Crippen LogP contribution in [0.1, 0.15) is 12.5 Å². The first-order chi connectivity index (χ1) is 8.72. The van der Waals surface area contributed by atoms with Gasteiger partial charge in [0.15, 0.2) is 0 Å². The highest BCUT2D eigenvalue weighted by Gasteiger charge is 2.06. The van der Waals surface area contributed by atoms with Gasteiger partial charge in [-0.3, -0.25) is 0 Å². The van der Waals surface area contributed by atoms with Crippen molar-refractivity contribution in [1.82, 2.24) is 0 Å². The Bertz CT molecular complexity index is 559. The van der Waals surface area contributed by atoms with Crippen molar-refractivity contribution in [3.8, 4) is 11.1 Å². The molecule has 0 radical (unpaired) electrons. The maximum absolute atomic E-state index is 14.0. The van der Waals surface area contributed by atoms with E-state index in [-0.39, 0.29) is 12.4 Å². The molecule has 2 rings (SSSR count). The maximum Gasteiger partial charge on any atom is 0.131 e. The molecule has 0 saturated heterocycles. The van der Waals surface area contributed by atoms with Crippen molar-refractivity contribution in [3.05, 3.63) is 66.0 Å². The second-order valence-corrected chi connectivity index (χ2v) is 4.13. The van der Waals surface area contributed by atoms with Crippen molar-refractivity contribution in [2.45, 2.75) is 6.92 Å². The van der Waals surface area contributed by atoms with Gasteiger partial charge in [0.25, 0.3) is 0 Å². The van der Waals surface area contributed by atoms with Gasteiger partial charge in [-0.05, 0) is 29.7 Å². The molecule has 0 aliphatic carbocycles. The van der Waals surface area contributed by atoms with Crippen LogP contribution in [0.5, 0.6) is 0 Å². The van der Waals surface area contributed by atoms with Crippen LogP contribution < -0.4 is 0 Å². The van der Waals surface area contributed by atoms with Gasteiger partial charge in [-0.15, -0.1) is 0 Å². The third-order valence-electron chi connectivity index (χ3n) is 2.91. The van der Waals surface area contributed by atoms with Crippen LogP contribution >= 0.6 is 0 Å². The summed E-state index contributed by atoms with van der Waals surface area (Å²) in [6, 6.07) is 14.6. The van der Waals surface area contributed by atoms with Crippen molar-refractivity contribution in [2.24, 2.45) is 0 Å². The predicted molar refractivity (Wildman–Crippen MR) is 72.6 cm³/mol. The van der Waals surface area contributed by atoms with Gasteiger partial charge in [0, 0.05) is 5.56 Å². The van der Waals surface area contributed by atoms with Crippen LogP contribution in [0.15, 0.2) is 54.6 Å². The lowest BCUT2D eigenvalue weighted by Crippen LogP contribution is -1.88. The number of allylic oxidation sites excluding steroid dienone is 1. The van der Waals surface area contributed by atoms with Gasteiger partial charge in [0.2, 0.25) is 0 Å². The lowest BCUT2D eigenvalue weighted by atomic mass is 10.0. The average molecular weight is 242 g/mol. The largest absolute Gasteiger partial charge is 0.392 e. The fourth-order valence-electron chi connectivity index (χ4n) is 1.87. The highest BCUT2D eigenvalue weighted by molar-refractivity contribution is 5.70. The SMILES string of the molecule is CC(=CCO)c1ccc(-c2ccccc2)c(F)c1. The van der Waals surface area contributed by atoms with E-state index in [0.717, 1.165) is 16.7 Å². The summed E-state index contributed by atoms with van der Waals surface area (Å²) in [6.45, 7) is 1.82. The van der Waals surface area contributed by atoms with E-state index >= 15 is 0 Å². The smallest absolute Gasteiger partial charge is 0.131 e. The fraction of sp³-hybridized carbons (Fsp3) is 0.125. The number of hydrogen-bond donors (Lipinski definition) is 1. The van der Waals surface area contributed by atoms with Crippen molar-refractivity contribution in [3.63, 3.8) is 0 Å². The van der Waals surface area contributed by atoms with Gasteiger partial charge >= 0.3 is 0 Å². The van der Waals surface area contributed by atoms with Crippen molar-refractivity contribution >= 4 is 5.57 Å². The Labute approximate surface area is 106 Å². The molecule has 0 amide bonds. The molecule has 0 aromatic heterocycles. The van der Waals surface area contributed by atoms with Crippen LogP contribution in [-0.2, 0) is 0 Å². The topological polar surface area (TPSA) is 20.2 Å². The minimum Gasteiger partial charge on any atom is -0.392 e. The molecule has 0 aliphatic heterocycles. The first-order valence-corrected chi connectivity index (χ1v) is 5.85. The zero-order valence-electron chi connectivity index (χ0n) is 10.2. The molecule has 2 aromatic carbocycles. The summed E-state index contributed by atoms with van der Waals surface area (Å²) in [6.07, 6.45) is 1.66. The van der Waals surface area contributed by atoms with E-state index < -0.39 is 0 Å². The Morgan fingerprint density at radius 3 is 2.50 bits per heavy atom. The van der Waals surface area contributed by atoms with E-state index in [1.807, 2.05) is 43.3 Å². The van der Waals surface area contributed by atoms with Gasteiger partial charge in [-0.25, -0.2) is 4.39 Å². The number of aliphatic hydroxyl groups is 1. The summed E-state index contributed by atoms with van der Waals surface area (Å²) < 4.78 is 14.0. The van der Waals surface area contributed by atoms with Gasteiger partial charge in [-0.1, -0.05) is 48.5 Å². The molecule has 0 fully saturated rings. The molecular formula is C16H15FO. The van der Waals surface area contributed by atoms with Crippen molar-refractivity contribution < 1.29 is 9.50 Å². The highest BCUT2D eigenvalue weighted by atomic mass is 19.1. The van der Waals surface area contributed by atoms with E-state index in [2.05, 4.69) is 0 Å². The number of rotatable bonds is 3. The lowest BCUT2D eigenvalue weighted by Gasteiger charge is -2.07. The average Bonchev–Trinajstić information content (AvgIpc) is 2.40. The number of aliphatic hydroxyl groups excluding tert-OH is 1. The van der Waals surface area contributed by atoms with Crippen LogP contribution in [0.3, 0.4) is 0 Å². The molecule has 0 aliphatic rings. The van der Waals surface area contributed by atoms with Crippen LogP contribution in [0.25, 0.3) is 16.7 Å². The summed E-state index contributed by atoms with van der Waals surface area (Å²) in [4.78, 5) is 0. The first-order valence-electron chi connectivity index (χ1n) is 5.85. The molecule has 18 heavy (non-hydrogen) atoms. The molecule has 0 unspecified atom stereocenters. The first kappa shape index (κ1) is 12.5. The number of benzene rings is 2. The zero-order valence-corrected chi connectivity index (χ0v) is 10.2. The second-order valence-electron chi connectivity index (χ2n) is 4.13. The number of halogens is 1. The third-order valence-corrected chi connectivity index (χ3v) is 2.91. The third kappa shape index (κ3) is 2.66. The summed E-state index contributed by atoms with van der Waals surface area (Å²) in [5.41, 5.74) is 3.12. The van der Waals surface area contributed by atoms with Crippen LogP contribution in [0.2, 0.25) is 0 Å². The second kappa shape index (κ2) is 5.61. The molecule has 0 saturated carbocycles. The summed E-state index contributed by atoms with van der Waals surface area (Å²) in [5.74, 6) is -0.246. The minimum atomic E-state index is -0.246. The quantitative estimate of drug-likeness (QED) is 0.865. The van der Waals surface area contributed by atoms with Gasteiger partial charge in [0.05, 0.1) is 6.61 Å². The fourth-order valence-corrected chi connectivity index (χ4v) is 1.87. The van der Waals surface area contributed by atoms with Crippen LogP contribution in [-0.4, -0.2) is 11.7 Å². The van der Waals surface area contributed by atoms with E-state index in [4.69, 9.17) is 5.11 Å².